The molecule has 0 fully saturated rings. The Morgan fingerprint density at radius 3 is 2.62 bits per heavy atom. The molecule has 3 rings (SSSR count). The maximum absolute atomic E-state index is 13.0. The fourth-order valence-corrected chi connectivity index (χ4v) is 3.13. The highest BCUT2D eigenvalue weighted by Gasteiger charge is 2.19. The smallest absolute Gasteiger partial charge is 0.254 e. The molecule has 0 aliphatic rings. The molecule has 0 atom stereocenters. The molecule has 2 aromatic carbocycles. The Kier molecular flexibility index (Phi) is 5.28. The van der Waals surface area contributed by atoms with Gasteiger partial charge in [0.05, 0.1) is 25.3 Å². The van der Waals surface area contributed by atoms with Crippen LogP contribution in [0.5, 0.6) is 11.5 Å². The molecule has 0 saturated carbocycles. The van der Waals surface area contributed by atoms with Gasteiger partial charge in [-0.3, -0.25) is 4.79 Å². The number of aromatic nitrogens is 1. The van der Waals surface area contributed by atoms with Gasteiger partial charge in [-0.05, 0) is 18.2 Å². The molecule has 1 heterocycles. The molecule has 0 unspecified atom stereocenters. The van der Waals surface area contributed by atoms with E-state index < -0.39 is 0 Å². The highest BCUT2D eigenvalue weighted by molar-refractivity contribution is 6.30. The molecule has 0 bridgehead atoms. The number of nitrogens with zero attached hydrogens (tertiary/aromatic N) is 2. The predicted molar refractivity (Wildman–Crippen MR) is 102 cm³/mol. The van der Waals surface area contributed by atoms with E-state index >= 15 is 0 Å². The summed E-state index contributed by atoms with van der Waals surface area (Å²) in [6, 6.07) is 14.6. The van der Waals surface area contributed by atoms with Gasteiger partial charge in [0, 0.05) is 24.5 Å². The topological polar surface area (TPSA) is 51.7 Å². The molecule has 1 aromatic heterocycles. The molecule has 5 nitrogen and oxygen atoms in total. The second-order valence-electron chi connectivity index (χ2n) is 5.82. The van der Waals surface area contributed by atoms with E-state index in [1.807, 2.05) is 42.5 Å². The first-order valence-corrected chi connectivity index (χ1v) is 8.43. The molecule has 1 amide bonds. The summed E-state index contributed by atoms with van der Waals surface area (Å²) in [6.45, 7) is 0.369. The van der Waals surface area contributed by atoms with Crippen LogP contribution in [0.4, 0.5) is 0 Å². The van der Waals surface area contributed by atoms with E-state index in [1.165, 1.54) is 0 Å². The Hall–Kier alpha value is -2.79. The minimum absolute atomic E-state index is 0.143. The van der Waals surface area contributed by atoms with E-state index in [-0.39, 0.29) is 5.91 Å². The molecule has 0 N–H and O–H groups in total. The van der Waals surface area contributed by atoms with Crippen LogP contribution in [0.25, 0.3) is 10.9 Å². The van der Waals surface area contributed by atoms with Gasteiger partial charge in [0.25, 0.3) is 5.91 Å². The van der Waals surface area contributed by atoms with Crippen LogP contribution in [0.2, 0.25) is 5.15 Å². The normalized spacial score (nSPS) is 10.6. The maximum Gasteiger partial charge on any atom is 0.254 e. The third-order valence-electron chi connectivity index (χ3n) is 4.15. The van der Waals surface area contributed by atoms with E-state index in [0.29, 0.717) is 34.3 Å². The fourth-order valence-electron chi connectivity index (χ4n) is 2.93. The largest absolute Gasteiger partial charge is 0.493 e. The first-order valence-electron chi connectivity index (χ1n) is 8.05. The second-order valence-corrected chi connectivity index (χ2v) is 6.21. The van der Waals surface area contributed by atoms with Gasteiger partial charge < -0.3 is 14.4 Å². The lowest BCUT2D eigenvalue weighted by Crippen LogP contribution is -2.26. The summed E-state index contributed by atoms with van der Waals surface area (Å²) < 4.78 is 10.8. The lowest BCUT2D eigenvalue weighted by molar-refractivity contribution is 0.0786. The number of hydrogen-bond acceptors (Lipinski definition) is 4. The number of rotatable bonds is 5. The summed E-state index contributed by atoms with van der Waals surface area (Å²) in [6.07, 6.45) is 0. The summed E-state index contributed by atoms with van der Waals surface area (Å²) >= 11 is 6.10. The zero-order valence-corrected chi connectivity index (χ0v) is 15.6. The number of pyridine rings is 1. The molecule has 0 aliphatic heterocycles. The standard InChI is InChI=1S/C20H19ClN2O3/c1-23(12-13-7-6-10-17(25-2)19(13)26-3)20(24)15-11-18(21)22-16-9-5-4-8-14(15)16/h4-11H,12H2,1-3H3. The Balaban J connectivity index is 1.95. The molecule has 0 radical (unpaired) electrons. The molecule has 0 saturated heterocycles. The van der Waals surface area contributed by atoms with Gasteiger partial charge in [-0.1, -0.05) is 41.9 Å². The van der Waals surface area contributed by atoms with Gasteiger partial charge in [-0.25, -0.2) is 4.98 Å². The number of methoxy groups -OCH3 is 2. The van der Waals surface area contributed by atoms with E-state index in [4.69, 9.17) is 21.1 Å². The number of fused-ring (bicyclic) bond motifs is 1. The highest BCUT2D eigenvalue weighted by atomic mass is 35.5. The SMILES string of the molecule is COc1cccc(CN(C)C(=O)c2cc(Cl)nc3ccccc23)c1OC. The van der Waals surface area contributed by atoms with Crippen molar-refractivity contribution in [1.82, 2.24) is 9.88 Å². The van der Waals surface area contributed by atoms with Gasteiger partial charge in [0.2, 0.25) is 0 Å². The van der Waals surface area contributed by atoms with Crippen molar-refractivity contribution < 1.29 is 14.3 Å². The first kappa shape index (κ1) is 18.0. The lowest BCUT2D eigenvalue weighted by Gasteiger charge is -2.20. The minimum atomic E-state index is -0.143. The molecule has 0 aliphatic carbocycles. The van der Waals surface area contributed by atoms with Gasteiger partial charge in [-0.2, -0.15) is 0 Å². The molecular weight excluding hydrogens is 352 g/mol. The van der Waals surface area contributed by atoms with Crippen molar-refractivity contribution in [1.29, 1.82) is 0 Å². The minimum Gasteiger partial charge on any atom is -0.493 e. The van der Waals surface area contributed by atoms with Crippen molar-refractivity contribution in [3.63, 3.8) is 0 Å². The Labute approximate surface area is 157 Å². The maximum atomic E-state index is 13.0. The zero-order chi connectivity index (χ0) is 18.7. The predicted octanol–water partition coefficient (Wildman–Crippen LogP) is 4.18. The zero-order valence-electron chi connectivity index (χ0n) is 14.8. The molecule has 134 valence electrons. The number of amides is 1. The quantitative estimate of drug-likeness (QED) is 0.632. The van der Waals surface area contributed by atoms with Gasteiger partial charge in [-0.15, -0.1) is 0 Å². The van der Waals surface area contributed by atoms with Crippen LogP contribution in [0.1, 0.15) is 15.9 Å². The Morgan fingerprint density at radius 1 is 1.12 bits per heavy atom. The first-order chi connectivity index (χ1) is 12.5. The summed E-state index contributed by atoms with van der Waals surface area (Å²) in [5.74, 6) is 1.10. The summed E-state index contributed by atoms with van der Waals surface area (Å²) in [5.41, 5.74) is 2.06. The van der Waals surface area contributed by atoms with Crippen molar-refractivity contribution in [2.24, 2.45) is 0 Å². The fraction of sp³-hybridized carbons (Fsp3) is 0.200. The number of carbonyl (C=O) groups is 1. The van der Waals surface area contributed by atoms with E-state index in [0.717, 1.165) is 10.9 Å². The molecule has 6 heteroatoms. The summed E-state index contributed by atoms with van der Waals surface area (Å²) in [4.78, 5) is 18.9. The van der Waals surface area contributed by atoms with Crippen LogP contribution in [-0.2, 0) is 6.54 Å². The average Bonchev–Trinajstić information content (AvgIpc) is 2.66. The van der Waals surface area contributed by atoms with Crippen LogP contribution >= 0.6 is 11.6 Å². The molecule has 26 heavy (non-hydrogen) atoms. The van der Waals surface area contributed by atoms with Gasteiger partial charge >= 0.3 is 0 Å². The van der Waals surface area contributed by atoms with Crippen molar-refractivity contribution in [3.8, 4) is 11.5 Å². The third kappa shape index (κ3) is 3.44. The van der Waals surface area contributed by atoms with Crippen LogP contribution in [-0.4, -0.2) is 37.1 Å². The molecule has 3 aromatic rings. The number of para-hydroxylation sites is 2. The summed E-state index contributed by atoms with van der Waals surface area (Å²) in [5, 5.41) is 1.06. The van der Waals surface area contributed by atoms with Crippen molar-refractivity contribution in [2.75, 3.05) is 21.3 Å². The van der Waals surface area contributed by atoms with Crippen LogP contribution in [0.15, 0.2) is 48.5 Å². The second kappa shape index (κ2) is 7.62. The third-order valence-corrected chi connectivity index (χ3v) is 4.35. The Morgan fingerprint density at radius 2 is 1.88 bits per heavy atom. The van der Waals surface area contributed by atoms with Gasteiger partial charge in [0.1, 0.15) is 5.15 Å². The monoisotopic (exact) mass is 370 g/mol. The summed E-state index contributed by atoms with van der Waals surface area (Å²) in [7, 11) is 4.91. The number of halogens is 1. The van der Waals surface area contributed by atoms with E-state index in [9.17, 15) is 4.79 Å². The number of carbonyl (C=O) groups excluding carboxylic acids is 1. The van der Waals surface area contributed by atoms with Crippen molar-refractivity contribution in [3.05, 3.63) is 64.8 Å². The van der Waals surface area contributed by atoms with Crippen molar-refractivity contribution in [2.45, 2.75) is 6.54 Å². The molecular formula is C20H19ClN2O3. The lowest BCUT2D eigenvalue weighted by atomic mass is 10.1. The highest BCUT2D eigenvalue weighted by Crippen LogP contribution is 2.32. The van der Waals surface area contributed by atoms with Crippen LogP contribution in [0, 0.1) is 0 Å². The van der Waals surface area contributed by atoms with Crippen LogP contribution < -0.4 is 9.47 Å². The number of hydrogen-bond donors (Lipinski definition) is 0. The van der Waals surface area contributed by atoms with Gasteiger partial charge in [0.15, 0.2) is 11.5 Å². The number of benzene rings is 2. The number of ether oxygens (including phenoxy) is 2. The van der Waals surface area contributed by atoms with Crippen molar-refractivity contribution >= 4 is 28.4 Å². The Bertz CT molecular complexity index is 959. The average molecular weight is 371 g/mol. The van der Waals surface area contributed by atoms with Crippen LogP contribution in [0.3, 0.4) is 0 Å². The molecule has 0 spiro atoms. The van der Waals surface area contributed by atoms with E-state index in [1.54, 1.807) is 32.2 Å². The van der Waals surface area contributed by atoms with E-state index in [2.05, 4.69) is 4.98 Å².